The molecule has 6 nitrogen and oxygen atoms in total. The van der Waals surface area contributed by atoms with Gasteiger partial charge in [-0.3, -0.25) is 9.59 Å². The van der Waals surface area contributed by atoms with Crippen molar-refractivity contribution >= 4 is 11.9 Å². The molecule has 0 bridgehead atoms. The van der Waals surface area contributed by atoms with Gasteiger partial charge in [0.05, 0.1) is 26.4 Å². The van der Waals surface area contributed by atoms with E-state index in [9.17, 15) is 9.59 Å². The van der Waals surface area contributed by atoms with Crippen molar-refractivity contribution in [3.05, 3.63) is 12.7 Å². The Morgan fingerprint density at radius 3 is 2.53 bits per heavy atom. The van der Waals surface area contributed by atoms with Gasteiger partial charge < -0.3 is 19.3 Å². The Morgan fingerprint density at radius 2 is 2.00 bits per heavy atom. The van der Waals surface area contributed by atoms with E-state index >= 15 is 0 Å². The molecule has 19 heavy (non-hydrogen) atoms. The van der Waals surface area contributed by atoms with E-state index in [0.29, 0.717) is 6.42 Å². The number of ether oxygens (including phenoxy) is 3. The summed E-state index contributed by atoms with van der Waals surface area (Å²) in [7, 11) is 0. The van der Waals surface area contributed by atoms with Crippen LogP contribution in [0.1, 0.15) is 13.3 Å². The van der Waals surface area contributed by atoms with E-state index < -0.39 is 17.4 Å². The smallest absolute Gasteiger partial charge is 0.324 e. The van der Waals surface area contributed by atoms with Crippen molar-refractivity contribution in [1.82, 2.24) is 0 Å². The lowest BCUT2D eigenvalue weighted by Gasteiger charge is -2.14. The van der Waals surface area contributed by atoms with E-state index in [1.54, 1.807) is 13.0 Å². The molecular formula is C13H20O6. The predicted molar refractivity (Wildman–Crippen MR) is 66.2 cm³/mol. The van der Waals surface area contributed by atoms with Gasteiger partial charge in [-0.15, -0.1) is 6.58 Å². The van der Waals surface area contributed by atoms with E-state index in [0.717, 1.165) is 0 Å². The lowest BCUT2D eigenvalue weighted by Crippen LogP contribution is -2.32. The van der Waals surface area contributed by atoms with E-state index in [2.05, 4.69) is 6.58 Å². The van der Waals surface area contributed by atoms with Crippen LogP contribution in [-0.2, 0) is 23.8 Å². The Morgan fingerprint density at radius 1 is 1.32 bits per heavy atom. The number of aliphatic hydroxyl groups is 1. The number of allylic oxidation sites excluding steroid dienone is 1. The first-order valence-corrected chi connectivity index (χ1v) is 6.29. The Labute approximate surface area is 112 Å². The standard InChI is InChI=1S/C13H20O6/c1-3-10-9-13(10,11(15)18-4-2)12(16)19-8-7-17-6-5-14/h3,10,14H,1,4-9H2,2H3. The Hall–Kier alpha value is -1.40. The largest absolute Gasteiger partial charge is 0.465 e. The Balaban J connectivity index is 2.46. The third-order valence-electron chi connectivity index (χ3n) is 3.00. The molecule has 0 aromatic heterocycles. The highest BCUT2D eigenvalue weighted by molar-refractivity contribution is 6.04. The van der Waals surface area contributed by atoms with Crippen LogP contribution in [-0.4, -0.2) is 50.1 Å². The zero-order chi connectivity index (χ0) is 14.3. The highest BCUT2D eigenvalue weighted by Gasteiger charge is 2.67. The van der Waals surface area contributed by atoms with Crippen LogP contribution in [0.4, 0.5) is 0 Å². The number of hydrogen-bond donors (Lipinski definition) is 1. The molecule has 0 amide bonds. The molecule has 6 heteroatoms. The molecule has 0 aromatic carbocycles. The van der Waals surface area contributed by atoms with Crippen molar-refractivity contribution in [3.63, 3.8) is 0 Å². The molecule has 0 aliphatic heterocycles. The molecule has 0 saturated heterocycles. The molecule has 0 heterocycles. The topological polar surface area (TPSA) is 82.1 Å². The van der Waals surface area contributed by atoms with Crippen LogP contribution < -0.4 is 0 Å². The lowest BCUT2D eigenvalue weighted by molar-refractivity contribution is -0.165. The average molecular weight is 272 g/mol. The fourth-order valence-corrected chi connectivity index (χ4v) is 1.87. The maximum atomic E-state index is 12.0. The van der Waals surface area contributed by atoms with Gasteiger partial charge in [0.25, 0.3) is 0 Å². The number of carbonyl (C=O) groups is 2. The van der Waals surface area contributed by atoms with Crippen LogP contribution >= 0.6 is 0 Å². The van der Waals surface area contributed by atoms with Gasteiger partial charge in [-0.25, -0.2) is 0 Å². The Bertz CT molecular complexity index is 340. The lowest BCUT2D eigenvalue weighted by atomic mass is 10.0. The summed E-state index contributed by atoms with van der Waals surface area (Å²) < 4.78 is 14.9. The summed E-state index contributed by atoms with van der Waals surface area (Å²) >= 11 is 0. The summed E-state index contributed by atoms with van der Waals surface area (Å²) in [5, 5.41) is 8.51. The number of aliphatic hydroxyl groups excluding tert-OH is 1. The molecule has 1 rings (SSSR count). The van der Waals surface area contributed by atoms with E-state index in [4.69, 9.17) is 19.3 Å². The third-order valence-corrected chi connectivity index (χ3v) is 3.00. The second-order valence-corrected chi connectivity index (χ2v) is 4.21. The molecule has 1 saturated carbocycles. The number of carbonyl (C=O) groups excluding carboxylic acids is 2. The van der Waals surface area contributed by atoms with Crippen LogP contribution in [0, 0.1) is 11.3 Å². The molecule has 108 valence electrons. The van der Waals surface area contributed by atoms with Gasteiger partial charge in [-0.1, -0.05) is 6.08 Å². The second kappa shape index (κ2) is 7.25. The van der Waals surface area contributed by atoms with Gasteiger partial charge in [0, 0.05) is 5.92 Å². The van der Waals surface area contributed by atoms with Crippen molar-refractivity contribution in [3.8, 4) is 0 Å². The van der Waals surface area contributed by atoms with Crippen LogP contribution in [0.25, 0.3) is 0 Å². The zero-order valence-electron chi connectivity index (χ0n) is 11.1. The summed E-state index contributed by atoms with van der Waals surface area (Å²) in [6, 6.07) is 0. The van der Waals surface area contributed by atoms with Crippen LogP contribution in [0.15, 0.2) is 12.7 Å². The van der Waals surface area contributed by atoms with Crippen LogP contribution in [0.5, 0.6) is 0 Å². The normalized spacial score (nSPS) is 24.6. The highest BCUT2D eigenvalue weighted by Crippen LogP contribution is 2.55. The van der Waals surface area contributed by atoms with Gasteiger partial charge in [0.1, 0.15) is 6.61 Å². The summed E-state index contributed by atoms with van der Waals surface area (Å²) in [6.45, 7) is 5.84. The van der Waals surface area contributed by atoms with Gasteiger partial charge in [-0.2, -0.15) is 0 Å². The monoisotopic (exact) mass is 272 g/mol. The van der Waals surface area contributed by atoms with Gasteiger partial charge in [0.2, 0.25) is 0 Å². The van der Waals surface area contributed by atoms with E-state index in [-0.39, 0.29) is 39.0 Å². The fraction of sp³-hybridized carbons (Fsp3) is 0.692. The molecule has 0 radical (unpaired) electrons. The summed E-state index contributed by atoms with van der Waals surface area (Å²) in [5.74, 6) is -1.37. The predicted octanol–water partition coefficient (Wildman–Crippen LogP) is 0.294. The quantitative estimate of drug-likeness (QED) is 0.281. The van der Waals surface area contributed by atoms with Crippen molar-refractivity contribution in [2.24, 2.45) is 11.3 Å². The van der Waals surface area contributed by atoms with Gasteiger partial charge in [-0.05, 0) is 13.3 Å². The molecule has 1 N–H and O–H groups in total. The molecule has 1 aliphatic carbocycles. The van der Waals surface area contributed by atoms with Crippen LogP contribution in [0.2, 0.25) is 0 Å². The van der Waals surface area contributed by atoms with Gasteiger partial charge in [0.15, 0.2) is 5.41 Å². The average Bonchev–Trinajstić information content (AvgIpc) is 3.14. The molecule has 2 atom stereocenters. The van der Waals surface area contributed by atoms with E-state index in [1.807, 2.05) is 0 Å². The number of esters is 2. The molecule has 1 fully saturated rings. The number of hydrogen-bond acceptors (Lipinski definition) is 6. The van der Waals surface area contributed by atoms with Crippen molar-refractivity contribution < 1.29 is 28.9 Å². The van der Waals surface area contributed by atoms with Crippen LogP contribution in [0.3, 0.4) is 0 Å². The third kappa shape index (κ3) is 3.54. The first-order chi connectivity index (χ1) is 9.13. The fourth-order valence-electron chi connectivity index (χ4n) is 1.87. The van der Waals surface area contributed by atoms with E-state index in [1.165, 1.54) is 0 Å². The maximum Gasteiger partial charge on any atom is 0.324 e. The second-order valence-electron chi connectivity index (χ2n) is 4.21. The molecule has 0 spiro atoms. The van der Waals surface area contributed by atoms with Crippen molar-refractivity contribution in [2.45, 2.75) is 13.3 Å². The SMILES string of the molecule is C=CC1CC1(C(=O)OCC)C(=O)OCCOCCO. The first kappa shape index (κ1) is 15.7. The zero-order valence-corrected chi connectivity index (χ0v) is 11.1. The van der Waals surface area contributed by atoms with Crippen molar-refractivity contribution in [2.75, 3.05) is 33.0 Å². The number of rotatable bonds is 9. The van der Waals surface area contributed by atoms with Crippen molar-refractivity contribution in [1.29, 1.82) is 0 Å². The first-order valence-electron chi connectivity index (χ1n) is 6.29. The summed E-state index contributed by atoms with van der Waals surface area (Å²) in [4.78, 5) is 23.8. The molecule has 1 aliphatic rings. The Kier molecular flexibility index (Phi) is 5.98. The molecule has 0 aromatic rings. The minimum atomic E-state index is -1.21. The van der Waals surface area contributed by atoms with Gasteiger partial charge >= 0.3 is 11.9 Å². The molecular weight excluding hydrogens is 252 g/mol. The minimum Gasteiger partial charge on any atom is -0.465 e. The summed E-state index contributed by atoms with van der Waals surface area (Å²) in [5.41, 5.74) is -1.21. The maximum absolute atomic E-state index is 12.0. The summed E-state index contributed by atoms with van der Waals surface area (Å²) in [6.07, 6.45) is 1.95. The highest BCUT2D eigenvalue weighted by atomic mass is 16.6. The molecule has 2 unspecified atom stereocenters. The minimum absolute atomic E-state index is 0.0455.